The summed E-state index contributed by atoms with van der Waals surface area (Å²) in [6.07, 6.45) is 2.87. The minimum Gasteiger partial charge on any atom is -0.461 e. The van der Waals surface area contributed by atoms with Crippen LogP contribution in [0.1, 0.15) is 40.5 Å². The maximum atomic E-state index is 12.5. The van der Waals surface area contributed by atoms with Gasteiger partial charge in [-0.15, -0.1) is 0 Å². The first-order valence-electron chi connectivity index (χ1n) is 9.67. The van der Waals surface area contributed by atoms with E-state index >= 15 is 0 Å². The van der Waals surface area contributed by atoms with Gasteiger partial charge in [-0.3, -0.25) is 4.79 Å². The molecule has 2 saturated carbocycles. The zero-order valence-electron chi connectivity index (χ0n) is 15.7. The number of allylic oxidation sites excluding steroid dienone is 1. The molecular formula is C20H26O6. The van der Waals surface area contributed by atoms with Crippen LogP contribution in [-0.2, 0) is 28.5 Å². The molecule has 0 amide bonds. The van der Waals surface area contributed by atoms with E-state index < -0.39 is 0 Å². The average molecular weight is 362 g/mol. The minimum absolute atomic E-state index is 0.00936. The van der Waals surface area contributed by atoms with Gasteiger partial charge in [-0.1, -0.05) is 19.9 Å². The predicted octanol–water partition coefficient (Wildman–Crippen LogP) is 2.01. The lowest BCUT2D eigenvalue weighted by molar-refractivity contribution is -0.182. The van der Waals surface area contributed by atoms with E-state index in [1.165, 1.54) is 0 Å². The van der Waals surface area contributed by atoms with Gasteiger partial charge in [-0.05, 0) is 26.7 Å². The highest BCUT2D eigenvalue weighted by Crippen LogP contribution is 2.68. The number of fused-ring (bicyclic) bond motifs is 6. The predicted molar refractivity (Wildman–Crippen MR) is 90.0 cm³/mol. The monoisotopic (exact) mass is 362 g/mol. The number of carbonyl (C=O) groups excluding carboxylic acids is 2. The molecule has 0 aromatic rings. The highest BCUT2D eigenvalue weighted by atomic mass is 16.7. The fourth-order valence-corrected chi connectivity index (χ4v) is 5.94. The molecule has 5 rings (SSSR count). The molecule has 0 bridgehead atoms. The standard InChI is InChI=1S/C20H26O6/c1-5-9(2)17(21)26-15-13-16(24-13)20(8-23-20)14-12-11(6-7-19(14,15)4)10(3)18(22)25-12/h5,10-16H,6-8H2,1-4H3/b9-5-. The molecule has 2 aliphatic carbocycles. The number of rotatable bonds is 2. The Kier molecular flexibility index (Phi) is 3.29. The Morgan fingerprint density at radius 2 is 2.08 bits per heavy atom. The molecule has 142 valence electrons. The summed E-state index contributed by atoms with van der Waals surface area (Å²) in [6.45, 7) is 8.35. The third-order valence-corrected chi connectivity index (χ3v) is 7.69. The molecule has 5 fully saturated rings. The summed E-state index contributed by atoms with van der Waals surface area (Å²) in [5.41, 5.74) is -0.0884. The molecular weight excluding hydrogens is 336 g/mol. The van der Waals surface area contributed by atoms with Gasteiger partial charge < -0.3 is 18.9 Å². The van der Waals surface area contributed by atoms with Gasteiger partial charge in [0.15, 0.2) is 0 Å². The van der Waals surface area contributed by atoms with Crippen molar-refractivity contribution in [2.45, 2.75) is 70.6 Å². The van der Waals surface area contributed by atoms with Crippen molar-refractivity contribution in [1.82, 2.24) is 0 Å². The van der Waals surface area contributed by atoms with E-state index in [4.69, 9.17) is 18.9 Å². The first kappa shape index (κ1) is 16.8. The number of hydrogen-bond acceptors (Lipinski definition) is 6. The molecule has 6 heteroatoms. The highest BCUT2D eigenvalue weighted by molar-refractivity contribution is 5.87. The lowest BCUT2D eigenvalue weighted by Gasteiger charge is -2.53. The summed E-state index contributed by atoms with van der Waals surface area (Å²) in [5, 5.41) is 0. The number of hydrogen-bond donors (Lipinski definition) is 0. The Morgan fingerprint density at radius 1 is 1.35 bits per heavy atom. The summed E-state index contributed by atoms with van der Waals surface area (Å²) in [7, 11) is 0. The average Bonchev–Trinajstić information content (AvgIpc) is 3.51. The van der Waals surface area contributed by atoms with E-state index in [2.05, 4.69) is 6.92 Å². The van der Waals surface area contributed by atoms with Crippen molar-refractivity contribution in [1.29, 1.82) is 0 Å². The topological polar surface area (TPSA) is 77.7 Å². The van der Waals surface area contributed by atoms with E-state index in [1.807, 2.05) is 13.8 Å². The normalized spacial score (nSPS) is 54.1. The van der Waals surface area contributed by atoms with E-state index in [9.17, 15) is 9.59 Å². The number of carbonyl (C=O) groups is 2. The van der Waals surface area contributed by atoms with Gasteiger partial charge in [0.2, 0.25) is 0 Å². The second kappa shape index (κ2) is 5.10. The second-order valence-corrected chi connectivity index (χ2v) is 8.94. The molecule has 3 aliphatic heterocycles. The van der Waals surface area contributed by atoms with E-state index in [0.717, 1.165) is 12.8 Å². The maximum Gasteiger partial charge on any atom is 0.333 e. The Balaban J connectivity index is 1.52. The van der Waals surface area contributed by atoms with Crippen LogP contribution in [0.4, 0.5) is 0 Å². The second-order valence-electron chi connectivity index (χ2n) is 8.94. The van der Waals surface area contributed by atoms with Crippen LogP contribution in [0.15, 0.2) is 11.6 Å². The fourth-order valence-electron chi connectivity index (χ4n) is 5.94. The molecule has 1 spiro atoms. The van der Waals surface area contributed by atoms with Crippen molar-refractivity contribution in [3.63, 3.8) is 0 Å². The van der Waals surface area contributed by atoms with Gasteiger partial charge in [-0.25, -0.2) is 4.79 Å². The quantitative estimate of drug-likeness (QED) is 0.425. The SMILES string of the molecule is C/C=C(/C)C(=O)OC1C2OC2C2(CO2)C2C3OC(=O)C(C)C3CCC12C. The highest BCUT2D eigenvalue weighted by Gasteiger charge is 2.82. The van der Waals surface area contributed by atoms with Gasteiger partial charge in [0.25, 0.3) is 0 Å². The summed E-state index contributed by atoms with van der Waals surface area (Å²) in [6, 6.07) is 0. The van der Waals surface area contributed by atoms with Gasteiger partial charge in [0, 0.05) is 22.8 Å². The van der Waals surface area contributed by atoms with Crippen LogP contribution < -0.4 is 0 Å². The van der Waals surface area contributed by atoms with Crippen LogP contribution in [0.3, 0.4) is 0 Å². The zero-order chi connectivity index (χ0) is 18.4. The molecule has 0 aromatic heterocycles. The third kappa shape index (κ3) is 1.95. The van der Waals surface area contributed by atoms with Gasteiger partial charge in [-0.2, -0.15) is 0 Å². The van der Waals surface area contributed by atoms with Crippen LogP contribution in [0.5, 0.6) is 0 Å². The molecule has 6 nitrogen and oxygen atoms in total. The van der Waals surface area contributed by atoms with E-state index in [1.54, 1.807) is 13.0 Å². The van der Waals surface area contributed by atoms with Crippen molar-refractivity contribution in [2.75, 3.05) is 6.61 Å². The maximum absolute atomic E-state index is 12.5. The van der Waals surface area contributed by atoms with Crippen LogP contribution in [-0.4, -0.2) is 48.6 Å². The fraction of sp³-hybridized carbons (Fsp3) is 0.800. The molecule has 3 saturated heterocycles. The first-order valence-corrected chi connectivity index (χ1v) is 9.67. The molecule has 0 aromatic carbocycles. The zero-order valence-corrected chi connectivity index (χ0v) is 15.7. The molecule has 9 atom stereocenters. The molecule has 5 aliphatic rings. The molecule has 0 N–H and O–H groups in total. The van der Waals surface area contributed by atoms with Crippen molar-refractivity contribution in [2.24, 2.45) is 23.2 Å². The summed E-state index contributed by atoms with van der Waals surface area (Å²) in [4.78, 5) is 24.7. The van der Waals surface area contributed by atoms with Gasteiger partial charge in [0.1, 0.15) is 30.0 Å². The largest absolute Gasteiger partial charge is 0.461 e. The first-order chi connectivity index (χ1) is 12.3. The summed E-state index contributed by atoms with van der Waals surface area (Å²) < 4.78 is 23.8. The van der Waals surface area contributed by atoms with Crippen LogP contribution in [0, 0.1) is 23.2 Å². The molecule has 0 radical (unpaired) electrons. The summed E-state index contributed by atoms with van der Waals surface area (Å²) in [5.74, 6) is -0.263. The van der Waals surface area contributed by atoms with E-state index in [0.29, 0.717) is 12.2 Å². The van der Waals surface area contributed by atoms with Gasteiger partial charge in [0.05, 0.1) is 12.5 Å². The van der Waals surface area contributed by atoms with Crippen molar-refractivity contribution >= 4 is 11.9 Å². The van der Waals surface area contributed by atoms with Gasteiger partial charge >= 0.3 is 11.9 Å². The van der Waals surface area contributed by atoms with Crippen molar-refractivity contribution in [3.05, 3.63) is 11.6 Å². The van der Waals surface area contributed by atoms with Crippen LogP contribution in [0.2, 0.25) is 0 Å². The number of ether oxygens (including phenoxy) is 4. The summed E-state index contributed by atoms with van der Waals surface area (Å²) >= 11 is 0. The number of esters is 2. The van der Waals surface area contributed by atoms with E-state index in [-0.39, 0.29) is 65.1 Å². The van der Waals surface area contributed by atoms with Crippen molar-refractivity contribution < 1.29 is 28.5 Å². The molecule has 9 unspecified atom stereocenters. The Bertz CT molecular complexity index is 709. The van der Waals surface area contributed by atoms with Crippen LogP contribution >= 0.6 is 0 Å². The Labute approximate surface area is 153 Å². The molecule has 3 heterocycles. The molecule has 26 heavy (non-hydrogen) atoms. The number of epoxide rings is 2. The minimum atomic E-state index is -0.369. The Hall–Kier alpha value is -1.40. The smallest absolute Gasteiger partial charge is 0.333 e. The lowest BCUT2D eigenvalue weighted by atomic mass is 9.51. The lowest BCUT2D eigenvalue weighted by Crippen LogP contribution is -2.63. The van der Waals surface area contributed by atoms with Crippen LogP contribution in [0.25, 0.3) is 0 Å². The van der Waals surface area contributed by atoms with Crippen molar-refractivity contribution in [3.8, 4) is 0 Å². The Morgan fingerprint density at radius 3 is 2.73 bits per heavy atom. The third-order valence-electron chi connectivity index (χ3n) is 7.69.